The molecule has 6 heteroatoms. The van der Waals surface area contributed by atoms with Crippen LogP contribution in [0.4, 0.5) is 0 Å². The summed E-state index contributed by atoms with van der Waals surface area (Å²) in [6.07, 6.45) is 0. The second kappa shape index (κ2) is 7.23. The van der Waals surface area contributed by atoms with Crippen LogP contribution in [0.25, 0.3) is 10.9 Å². The second-order valence-electron chi connectivity index (χ2n) is 3.77. The normalized spacial score (nSPS) is 10.8. The summed E-state index contributed by atoms with van der Waals surface area (Å²) in [6.45, 7) is 1.99. The van der Waals surface area contributed by atoms with Gasteiger partial charge in [-0.1, -0.05) is 12.1 Å². The maximum Gasteiger partial charge on any atom is 0.226 e. The zero-order valence-corrected chi connectivity index (χ0v) is 11.4. The van der Waals surface area contributed by atoms with Gasteiger partial charge in [-0.15, -0.1) is 0 Å². The van der Waals surface area contributed by atoms with Gasteiger partial charge in [0.15, 0.2) is 0 Å². The Hall–Kier alpha value is -1.43. The van der Waals surface area contributed by atoms with E-state index in [4.69, 9.17) is 25.8 Å². The number of nitrogens with zero attached hydrogens (tertiary/aromatic N) is 2. The lowest BCUT2D eigenvalue weighted by Gasteiger charge is -2.08. The van der Waals surface area contributed by atoms with E-state index in [1.165, 1.54) is 0 Å². The highest BCUT2D eigenvalue weighted by atomic mass is 35.5. The lowest BCUT2D eigenvalue weighted by atomic mass is 10.2. The molecule has 0 radical (unpaired) electrons. The van der Waals surface area contributed by atoms with Crippen molar-refractivity contribution in [3.05, 3.63) is 29.5 Å². The van der Waals surface area contributed by atoms with Gasteiger partial charge in [0, 0.05) is 7.11 Å². The van der Waals surface area contributed by atoms with E-state index in [2.05, 4.69) is 9.97 Å². The number of methoxy groups -OCH3 is 1. The van der Waals surface area contributed by atoms with Crippen LogP contribution in [0, 0.1) is 0 Å². The average molecular weight is 283 g/mol. The molecule has 0 atom stereocenters. The van der Waals surface area contributed by atoms with Crippen molar-refractivity contribution in [3.63, 3.8) is 0 Å². The lowest BCUT2D eigenvalue weighted by molar-refractivity contribution is 0.0539. The number of aromatic nitrogens is 2. The molecule has 0 aliphatic rings. The van der Waals surface area contributed by atoms with Crippen LogP contribution < -0.4 is 4.74 Å². The van der Waals surface area contributed by atoms with E-state index in [-0.39, 0.29) is 5.28 Å². The van der Waals surface area contributed by atoms with E-state index in [0.29, 0.717) is 32.3 Å². The minimum absolute atomic E-state index is 0.175. The van der Waals surface area contributed by atoms with Gasteiger partial charge in [-0.25, -0.2) is 4.98 Å². The van der Waals surface area contributed by atoms with Crippen molar-refractivity contribution in [1.29, 1.82) is 0 Å². The topological polar surface area (TPSA) is 53.5 Å². The lowest BCUT2D eigenvalue weighted by Crippen LogP contribution is -2.11. The van der Waals surface area contributed by atoms with Gasteiger partial charge in [0.25, 0.3) is 0 Å². The summed E-state index contributed by atoms with van der Waals surface area (Å²) in [5.74, 6) is 0.478. The van der Waals surface area contributed by atoms with E-state index in [0.717, 1.165) is 10.9 Å². The van der Waals surface area contributed by atoms with Crippen molar-refractivity contribution >= 4 is 22.5 Å². The Kier molecular flexibility index (Phi) is 5.32. The van der Waals surface area contributed by atoms with Crippen molar-refractivity contribution in [1.82, 2.24) is 9.97 Å². The molecule has 0 bridgehead atoms. The molecule has 0 amide bonds. The van der Waals surface area contributed by atoms with Crippen LogP contribution in [-0.2, 0) is 9.47 Å². The molecule has 0 unspecified atom stereocenters. The predicted molar refractivity (Wildman–Crippen MR) is 72.7 cm³/mol. The largest absolute Gasteiger partial charge is 0.475 e. The summed E-state index contributed by atoms with van der Waals surface area (Å²) in [5.41, 5.74) is 0.762. The van der Waals surface area contributed by atoms with Gasteiger partial charge < -0.3 is 14.2 Å². The van der Waals surface area contributed by atoms with Crippen molar-refractivity contribution < 1.29 is 14.2 Å². The number of ether oxygens (including phenoxy) is 3. The molecular formula is C13H15ClN2O3. The van der Waals surface area contributed by atoms with Crippen molar-refractivity contribution in [2.75, 3.05) is 33.5 Å². The first kappa shape index (κ1) is 14.0. The van der Waals surface area contributed by atoms with Crippen molar-refractivity contribution in [2.24, 2.45) is 0 Å². The number of hydrogen-bond donors (Lipinski definition) is 0. The molecule has 0 saturated carbocycles. The Labute approximate surface area is 116 Å². The Morgan fingerprint density at radius 2 is 1.84 bits per heavy atom. The average Bonchev–Trinajstić information content (AvgIpc) is 2.42. The number of fused-ring (bicyclic) bond motifs is 1. The highest BCUT2D eigenvalue weighted by molar-refractivity contribution is 6.28. The SMILES string of the molecule is COCCOCCOc1nc(Cl)nc2ccccc12. The third-order valence-electron chi connectivity index (χ3n) is 2.44. The van der Waals surface area contributed by atoms with Gasteiger partial charge in [0.1, 0.15) is 6.61 Å². The van der Waals surface area contributed by atoms with Gasteiger partial charge in [-0.05, 0) is 23.7 Å². The van der Waals surface area contributed by atoms with Crippen LogP contribution in [0.5, 0.6) is 5.88 Å². The minimum atomic E-state index is 0.175. The van der Waals surface area contributed by atoms with E-state index in [1.54, 1.807) is 7.11 Å². The molecule has 2 rings (SSSR count). The van der Waals surface area contributed by atoms with E-state index >= 15 is 0 Å². The highest BCUT2D eigenvalue weighted by Gasteiger charge is 2.06. The molecule has 0 saturated heterocycles. The fourth-order valence-electron chi connectivity index (χ4n) is 1.57. The van der Waals surface area contributed by atoms with Gasteiger partial charge >= 0.3 is 0 Å². The standard InChI is InChI=1S/C13H15ClN2O3/c1-17-6-7-18-8-9-19-12-10-4-2-3-5-11(10)15-13(14)16-12/h2-5H,6-9H2,1H3. The second-order valence-corrected chi connectivity index (χ2v) is 4.11. The summed E-state index contributed by atoms with van der Waals surface area (Å²) in [5, 5.41) is 1.01. The Morgan fingerprint density at radius 1 is 1.05 bits per heavy atom. The third-order valence-corrected chi connectivity index (χ3v) is 2.61. The molecule has 102 valence electrons. The molecule has 0 spiro atoms. The smallest absolute Gasteiger partial charge is 0.226 e. The number of para-hydroxylation sites is 1. The maximum atomic E-state index is 5.86. The maximum absolute atomic E-state index is 5.86. The molecular weight excluding hydrogens is 268 g/mol. The first-order valence-electron chi connectivity index (χ1n) is 5.93. The predicted octanol–water partition coefficient (Wildman–Crippen LogP) is 2.33. The van der Waals surface area contributed by atoms with E-state index < -0.39 is 0 Å². The molecule has 1 aromatic heterocycles. The van der Waals surface area contributed by atoms with E-state index in [1.807, 2.05) is 24.3 Å². The molecule has 5 nitrogen and oxygen atoms in total. The quantitative estimate of drug-likeness (QED) is 0.576. The number of benzene rings is 1. The highest BCUT2D eigenvalue weighted by Crippen LogP contribution is 2.23. The van der Waals surface area contributed by atoms with Crippen molar-refractivity contribution in [2.45, 2.75) is 0 Å². The fraction of sp³-hybridized carbons (Fsp3) is 0.385. The number of halogens is 1. The molecule has 1 heterocycles. The Balaban J connectivity index is 1.96. The summed E-state index contributed by atoms with van der Waals surface area (Å²) in [7, 11) is 1.63. The summed E-state index contributed by atoms with van der Waals surface area (Å²) in [4.78, 5) is 8.22. The molecule has 2 aromatic rings. The van der Waals surface area contributed by atoms with Crippen LogP contribution in [0.1, 0.15) is 0 Å². The molecule has 0 N–H and O–H groups in total. The summed E-state index contributed by atoms with van der Waals surface area (Å²) >= 11 is 5.86. The van der Waals surface area contributed by atoms with Crippen LogP contribution in [0.2, 0.25) is 5.28 Å². The van der Waals surface area contributed by atoms with Crippen LogP contribution in [0.3, 0.4) is 0 Å². The molecule has 0 aliphatic heterocycles. The number of hydrogen-bond acceptors (Lipinski definition) is 5. The fourth-order valence-corrected chi connectivity index (χ4v) is 1.74. The molecule has 1 aromatic carbocycles. The monoisotopic (exact) mass is 282 g/mol. The summed E-state index contributed by atoms with van der Waals surface area (Å²) in [6, 6.07) is 7.56. The third kappa shape index (κ3) is 4.02. The van der Waals surface area contributed by atoms with Crippen LogP contribution >= 0.6 is 11.6 Å². The minimum Gasteiger partial charge on any atom is -0.475 e. The molecule has 0 aliphatic carbocycles. The first-order chi connectivity index (χ1) is 9.31. The number of rotatable bonds is 7. The van der Waals surface area contributed by atoms with Gasteiger partial charge in [-0.3, -0.25) is 0 Å². The summed E-state index contributed by atoms with van der Waals surface area (Å²) < 4.78 is 15.8. The van der Waals surface area contributed by atoms with Gasteiger partial charge in [0.05, 0.1) is 30.7 Å². The molecule has 0 fully saturated rings. The Morgan fingerprint density at radius 3 is 2.68 bits per heavy atom. The van der Waals surface area contributed by atoms with Crippen molar-refractivity contribution in [3.8, 4) is 5.88 Å². The molecule has 19 heavy (non-hydrogen) atoms. The van der Waals surface area contributed by atoms with E-state index in [9.17, 15) is 0 Å². The zero-order chi connectivity index (χ0) is 13.5. The van der Waals surface area contributed by atoms with Crippen LogP contribution in [0.15, 0.2) is 24.3 Å². The van der Waals surface area contributed by atoms with Gasteiger partial charge in [-0.2, -0.15) is 4.98 Å². The van der Waals surface area contributed by atoms with Crippen LogP contribution in [-0.4, -0.2) is 43.5 Å². The zero-order valence-electron chi connectivity index (χ0n) is 10.6. The van der Waals surface area contributed by atoms with Gasteiger partial charge in [0.2, 0.25) is 11.2 Å². The first-order valence-corrected chi connectivity index (χ1v) is 6.31. The Bertz CT molecular complexity index is 536.